The Morgan fingerprint density at radius 2 is 1.52 bits per heavy atom. The molecule has 2 nitrogen and oxygen atoms in total. The zero-order valence-corrected chi connectivity index (χ0v) is 13.6. The van der Waals surface area contributed by atoms with Crippen LogP contribution in [0.5, 0.6) is 0 Å². The van der Waals surface area contributed by atoms with Gasteiger partial charge >= 0.3 is 0 Å². The highest BCUT2D eigenvalue weighted by molar-refractivity contribution is 6.24. The SMILES string of the molecule is CC1CCN(C(=O)C(=Cc2ccccc2)c2ccccc2)CC1. The summed E-state index contributed by atoms with van der Waals surface area (Å²) in [5, 5.41) is 0. The summed E-state index contributed by atoms with van der Waals surface area (Å²) in [6, 6.07) is 20.0. The van der Waals surface area contributed by atoms with E-state index in [-0.39, 0.29) is 5.91 Å². The molecular weight excluding hydrogens is 282 g/mol. The number of piperidine rings is 1. The minimum atomic E-state index is 0.145. The highest BCUT2D eigenvalue weighted by Gasteiger charge is 2.23. The Hall–Kier alpha value is -2.35. The Balaban J connectivity index is 1.92. The molecule has 1 fully saturated rings. The highest BCUT2D eigenvalue weighted by Crippen LogP contribution is 2.24. The second kappa shape index (κ2) is 7.28. The van der Waals surface area contributed by atoms with E-state index in [1.807, 2.05) is 71.6 Å². The lowest BCUT2D eigenvalue weighted by atomic mass is 9.96. The van der Waals surface area contributed by atoms with Gasteiger partial charge < -0.3 is 4.90 Å². The molecule has 0 unspecified atom stereocenters. The van der Waals surface area contributed by atoms with Gasteiger partial charge in [0.2, 0.25) is 0 Å². The highest BCUT2D eigenvalue weighted by atomic mass is 16.2. The molecule has 1 aliphatic rings. The van der Waals surface area contributed by atoms with Crippen LogP contribution in [-0.2, 0) is 4.79 Å². The molecule has 1 amide bonds. The number of nitrogens with zero attached hydrogens (tertiary/aromatic N) is 1. The van der Waals surface area contributed by atoms with Gasteiger partial charge in [-0.05, 0) is 36.0 Å². The Bertz CT molecular complexity index is 668. The molecule has 1 saturated heterocycles. The van der Waals surface area contributed by atoms with Crippen LogP contribution >= 0.6 is 0 Å². The molecular formula is C21H23NO. The monoisotopic (exact) mass is 305 g/mol. The lowest BCUT2D eigenvalue weighted by Crippen LogP contribution is -2.38. The van der Waals surface area contributed by atoms with Crippen molar-refractivity contribution >= 4 is 17.6 Å². The van der Waals surface area contributed by atoms with Gasteiger partial charge in [0.1, 0.15) is 0 Å². The predicted molar refractivity (Wildman–Crippen MR) is 95.7 cm³/mol. The first-order valence-electron chi connectivity index (χ1n) is 8.35. The molecule has 0 saturated carbocycles. The number of likely N-dealkylation sites (tertiary alicyclic amines) is 1. The van der Waals surface area contributed by atoms with E-state index in [1.165, 1.54) is 0 Å². The number of rotatable bonds is 3. The number of amides is 1. The van der Waals surface area contributed by atoms with Gasteiger partial charge in [-0.3, -0.25) is 4.79 Å². The van der Waals surface area contributed by atoms with E-state index in [2.05, 4.69) is 6.92 Å². The Kier molecular flexibility index (Phi) is 4.92. The number of carbonyl (C=O) groups is 1. The largest absolute Gasteiger partial charge is 0.339 e. The maximum atomic E-state index is 13.1. The van der Waals surface area contributed by atoms with Crippen LogP contribution < -0.4 is 0 Å². The van der Waals surface area contributed by atoms with Crippen LogP contribution in [0.4, 0.5) is 0 Å². The zero-order valence-electron chi connectivity index (χ0n) is 13.6. The molecule has 2 heteroatoms. The topological polar surface area (TPSA) is 20.3 Å². The van der Waals surface area contributed by atoms with Crippen molar-refractivity contribution in [3.8, 4) is 0 Å². The fourth-order valence-electron chi connectivity index (χ4n) is 2.98. The van der Waals surface area contributed by atoms with Crippen LogP contribution in [0.2, 0.25) is 0 Å². The second-order valence-corrected chi connectivity index (χ2v) is 6.31. The average Bonchev–Trinajstić information content (AvgIpc) is 2.61. The van der Waals surface area contributed by atoms with Crippen molar-refractivity contribution in [1.82, 2.24) is 4.90 Å². The van der Waals surface area contributed by atoms with Crippen molar-refractivity contribution in [3.63, 3.8) is 0 Å². The van der Waals surface area contributed by atoms with Crippen LogP contribution in [0, 0.1) is 5.92 Å². The first kappa shape index (κ1) is 15.5. The molecule has 0 bridgehead atoms. The van der Waals surface area contributed by atoms with Gasteiger partial charge in [-0.25, -0.2) is 0 Å². The van der Waals surface area contributed by atoms with Gasteiger partial charge in [0.05, 0.1) is 0 Å². The molecule has 0 spiro atoms. The third-order valence-electron chi connectivity index (χ3n) is 4.50. The van der Waals surface area contributed by atoms with E-state index in [0.717, 1.165) is 48.5 Å². The molecule has 0 aliphatic carbocycles. The minimum absolute atomic E-state index is 0.145. The standard InChI is InChI=1S/C21H23NO/c1-17-12-14-22(15-13-17)21(23)20(19-10-6-3-7-11-19)16-18-8-4-2-5-9-18/h2-11,16-17H,12-15H2,1H3. The quantitative estimate of drug-likeness (QED) is 0.604. The molecule has 0 N–H and O–H groups in total. The van der Waals surface area contributed by atoms with Gasteiger partial charge in [0.15, 0.2) is 0 Å². The fourth-order valence-corrected chi connectivity index (χ4v) is 2.98. The van der Waals surface area contributed by atoms with Crippen LogP contribution in [0.15, 0.2) is 60.7 Å². The van der Waals surface area contributed by atoms with Crippen molar-refractivity contribution in [2.45, 2.75) is 19.8 Å². The lowest BCUT2D eigenvalue weighted by molar-refractivity contribution is -0.126. The van der Waals surface area contributed by atoms with Crippen molar-refractivity contribution in [3.05, 3.63) is 71.8 Å². The summed E-state index contributed by atoms with van der Waals surface area (Å²) in [6.07, 6.45) is 4.20. The van der Waals surface area contributed by atoms with E-state index in [4.69, 9.17) is 0 Å². The molecule has 0 radical (unpaired) electrons. The van der Waals surface area contributed by atoms with Crippen molar-refractivity contribution in [2.75, 3.05) is 13.1 Å². The average molecular weight is 305 g/mol. The number of hydrogen-bond acceptors (Lipinski definition) is 1. The molecule has 118 valence electrons. The Morgan fingerprint density at radius 1 is 0.957 bits per heavy atom. The van der Waals surface area contributed by atoms with Gasteiger partial charge in [0.25, 0.3) is 5.91 Å². The van der Waals surface area contributed by atoms with Crippen molar-refractivity contribution in [2.24, 2.45) is 5.92 Å². The van der Waals surface area contributed by atoms with Gasteiger partial charge in [0, 0.05) is 18.7 Å². The van der Waals surface area contributed by atoms with Gasteiger partial charge in [-0.2, -0.15) is 0 Å². The van der Waals surface area contributed by atoms with E-state index in [1.54, 1.807) is 0 Å². The number of benzene rings is 2. The van der Waals surface area contributed by atoms with Gasteiger partial charge in [-0.15, -0.1) is 0 Å². The molecule has 1 aliphatic heterocycles. The van der Waals surface area contributed by atoms with Crippen molar-refractivity contribution in [1.29, 1.82) is 0 Å². The Morgan fingerprint density at radius 3 is 2.13 bits per heavy atom. The number of carbonyl (C=O) groups excluding carboxylic acids is 1. The minimum Gasteiger partial charge on any atom is -0.339 e. The first-order valence-corrected chi connectivity index (χ1v) is 8.35. The van der Waals surface area contributed by atoms with Crippen molar-refractivity contribution < 1.29 is 4.79 Å². The lowest BCUT2D eigenvalue weighted by Gasteiger charge is -2.31. The summed E-state index contributed by atoms with van der Waals surface area (Å²) in [5.74, 6) is 0.865. The van der Waals surface area contributed by atoms with E-state index < -0.39 is 0 Å². The van der Waals surface area contributed by atoms with E-state index in [0.29, 0.717) is 0 Å². The summed E-state index contributed by atoms with van der Waals surface area (Å²) >= 11 is 0. The summed E-state index contributed by atoms with van der Waals surface area (Å²) in [6.45, 7) is 3.98. The van der Waals surface area contributed by atoms with Gasteiger partial charge in [-0.1, -0.05) is 67.6 Å². The Labute approximate surface area is 138 Å². The maximum Gasteiger partial charge on any atom is 0.254 e. The molecule has 2 aromatic rings. The molecule has 1 heterocycles. The third kappa shape index (κ3) is 3.89. The third-order valence-corrected chi connectivity index (χ3v) is 4.50. The smallest absolute Gasteiger partial charge is 0.254 e. The molecule has 2 aromatic carbocycles. The molecule has 0 atom stereocenters. The predicted octanol–water partition coefficient (Wildman–Crippen LogP) is 4.49. The summed E-state index contributed by atoms with van der Waals surface area (Å²) in [5.41, 5.74) is 2.83. The maximum absolute atomic E-state index is 13.1. The summed E-state index contributed by atoms with van der Waals surface area (Å²) in [4.78, 5) is 15.1. The normalized spacial score (nSPS) is 16.4. The number of hydrogen-bond donors (Lipinski definition) is 0. The summed E-state index contributed by atoms with van der Waals surface area (Å²) < 4.78 is 0. The van der Waals surface area contributed by atoms with E-state index in [9.17, 15) is 4.79 Å². The molecule has 23 heavy (non-hydrogen) atoms. The first-order chi connectivity index (χ1) is 11.2. The van der Waals surface area contributed by atoms with E-state index >= 15 is 0 Å². The second-order valence-electron chi connectivity index (χ2n) is 6.31. The zero-order chi connectivity index (χ0) is 16.1. The molecule has 0 aromatic heterocycles. The van der Waals surface area contributed by atoms with Crippen LogP contribution in [0.1, 0.15) is 30.9 Å². The molecule has 3 rings (SSSR count). The van der Waals surface area contributed by atoms with Crippen LogP contribution in [0.25, 0.3) is 11.6 Å². The fraction of sp³-hybridized carbons (Fsp3) is 0.286. The summed E-state index contributed by atoms with van der Waals surface area (Å²) in [7, 11) is 0. The van der Waals surface area contributed by atoms with Crippen LogP contribution in [0.3, 0.4) is 0 Å². The van der Waals surface area contributed by atoms with Crippen LogP contribution in [-0.4, -0.2) is 23.9 Å².